The monoisotopic (exact) mass is 523 g/mol. The molecule has 2 aromatic carbocycles. The maximum absolute atomic E-state index is 13.7. The number of nitrogens with one attached hydrogen (secondary N) is 1. The van der Waals surface area contributed by atoms with Gasteiger partial charge in [-0.25, -0.2) is 14.2 Å². The quantitative estimate of drug-likeness (QED) is 0.250. The zero-order valence-electron chi connectivity index (χ0n) is 21.4. The number of aromatic nitrogens is 2. The van der Waals surface area contributed by atoms with Crippen molar-refractivity contribution in [1.82, 2.24) is 14.9 Å². The molecule has 0 aliphatic rings. The van der Waals surface area contributed by atoms with Gasteiger partial charge in [0.25, 0.3) is 0 Å². The molecule has 1 amide bonds. The highest BCUT2D eigenvalue weighted by Gasteiger charge is 2.20. The Morgan fingerprint density at radius 3 is 2.53 bits per heavy atom. The predicted octanol–water partition coefficient (Wildman–Crippen LogP) is 4.08. The van der Waals surface area contributed by atoms with Crippen LogP contribution < -0.4 is 15.8 Å². The fourth-order valence-electron chi connectivity index (χ4n) is 3.62. The van der Waals surface area contributed by atoms with Crippen molar-refractivity contribution in [1.29, 1.82) is 0 Å². The van der Waals surface area contributed by atoms with E-state index in [1.807, 2.05) is 12.1 Å². The topological polar surface area (TPSA) is 140 Å². The smallest absolute Gasteiger partial charge is 0.414 e. The number of ether oxygens (including phenoxy) is 2. The zero-order chi connectivity index (χ0) is 27.8. The highest BCUT2D eigenvalue weighted by Crippen LogP contribution is 2.25. The third-order valence-corrected chi connectivity index (χ3v) is 5.48. The van der Waals surface area contributed by atoms with Gasteiger partial charge in [0.05, 0.1) is 36.6 Å². The number of rotatable bonds is 11. The average Bonchev–Trinajstić information content (AvgIpc) is 2.87. The number of anilines is 3. The number of carbonyl (C=O) groups excluding carboxylic acids is 2. The minimum Gasteiger partial charge on any atom is -0.496 e. The van der Waals surface area contributed by atoms with Gasteiger partial charge in [-0.05, 0) is 49.7 Å². The summed E-state index contributed by atoms with van der Waals surface area (Å²) in [7, 11) is 1.38. The van der Waals surface area contributed by atoms with Crippen LogP contribution in [0.3, 0.4) is 0 Å². The SMILES string of the molecule is C=C(C)OC(=O)N(CC)CC(O)Cc1ccc(Nc2ncc(C(=O)c3cc(F)ccc3OC)c(N)n2)cc1. The van der Waals surface area contributed by atoms with Crippen molar-refractivity contribution in [3.05, 3.63) is 83.5 Å². The minimum absolute atomic E-state index is 0.0102. The van der Waals surface area contributed by atoms with Crippen molar-refractivity contribution in [2.24, 2.45) is 0 Å². The van der Waals surface area contributed by atoms with E-state index in [-0.39, 0.29) is 40.9 Å². The number of allylic oxidation sites excluding steroid dienone is 1. The lowest BCUT2D eigenvalue weighted by molar-refractivity contribution is 0.0909. The molecule has 11 heteroatoms. The molecule has 4 N–H and O–H groups in total. The van der Waals surface area contributed by atoms with E-state index < -0.39 is 23.8 Å². The average molecular weight is 524 g/mol. The van der Waals surface area contributed by atoms with Crippen LogP contribution >= 0.6 is 0 Å². The molecule has 0 fully saturated rings. The molecule has 3 aromatic rings. The van der Waals surface area contributed by atoms with Crippen LogP contribution in [0.15, 0.2) is 61.0 Å². The molecule has 10 nitrogen and oxygen atoms in total. The predicted molar refractivity (Wildman–Crippen MR) is 141 cm³/mol. The summed E-state index contributed by atoms with van der Waals surface area (Å²) in [6.07, 6.45) is 0.235. The number of aliphatic hydroxyl groups is 1. The van der Waals surface area contributed by atoms with E-state index in [1.54, 1.807) is 26.0 Å². The third-order valence-electron chi connectivity index (χ3n) is 5.48. The van der Waals surface area contributed by atoms with Crippen molar-refractivity contribution >= 4 is 29.3 Å². The maximum atomic E-state index is 13.7. The van der Waals surface area contributed by atoms with Gasteiger partial charge in [0.15, 0.2) is 0 Å². The second-order valence-corrected chi connectivity index (χ2v) is 8.45. The highest BCUT2D eigenvalue weighted by atomic mass is 19.1. The number of amides is 1. The Bertz CT molecular complexity index is 1320. The number of hydrogen-bond donors (Lipinski definition) is 3. The van der Waals surface area contributed by atoms with Crippen LogP contribution in [0.4, 0.5) is 26.6 Å². The van der Waals surface area contributed by atoms with Gasteiger partial charge in [-0.1, -0.05) is 18.7 Å². The number of benzene rings is 2. The second kappa shape index (κ2) is 12.6. The van der Waals surface area contributed by atoms with Crippen LogP contribution in [-0.2, 0) is 11.2 Å². The largest absolute Gasteiger partial charge is 0.496 e. The molecule has 1 unspecified atom stereocenters. The summed E-state index contributed by atoms with van der Waals surface area (Å²) >= 11 is 0. The maximum Gasteiger partial charge on any atom is 0.414 e. The number of methoxy groups -OCH3 is 1. The molecule has 0 radical (unpaired) electrons. The number of halogens is 1. The standard InChI is InChI=1S/C27H30FN5O5/c1-5-33(27(36)38-16(2)3)15-20(34)12-17-6-9-19(10-7-17)31-26-30-14-22(25(29)32-26)24(35)21-13-18(28)8-11-23(21)37-4/h6-11,13-14,20,34H,2,5,12,15H2,1,3-4H3,(H3,29,30,31,32). The van der Waals surface area contributed by atoms with E-state index >= 15 is 0 Å². The number of nitrogens with zero attached hydrogens (tertiary/aromatic N) is 3. The lowest BCUT2D eigenvalue weighted by atomic mass is 10.0. The normalized spacial score (nSPS) is 11.4. The van der Waals surface area contributed by atoms with E-state index in [2.05, 4.69) is 21.9 Å². The molecule has 3 rings (SSSR count). The van der Waals surface area contributed by atoms with Crippen LogP contribution in [0.5, 0.6) is 5.75 Å². The van der Waals surface area contributed by atoms with Crippen molar-refractivity contribution in [3.8, 4) is 5.75 Å². The number of carbonyl (C=O) groups is 2. The molecule has 1 atom stereocenters. The van der Waals surface area contributed by atoms with Crippen LogP contribution in [0.2, 0.25) is 0 Å². The Kier molecular flexibility index (Phi) is 9.33. The first-order valence-corrected chi connectivity index (χ1v) is 11.8. The first-order chi connectivity index (χ1) is 18.1. The molecule has 1 aromatic heterocycles. The first kappa shape index (κ1) is 28.1. The van der Waals surface area contributed by atoms with Crippen molar-refractivity contribution in [2.45, 2.75) is 26.4 Å². The fourth-order valence-corrected chi connectivity index (χ4v) is 3.62. The highest BCUT2D eigenvalue weighted by molar-refractivity contribution is 6.13. The van der Waals surface area contributed by atoms with Gasteiger partial charge in [0, 0.05) is 24.8 Å². The Morgan fingerprint density at radius 1 is 1.21 bits per heavy atom. The number of ketones is 1. The number of aliphatic hydroxyl groups excluding tert-OH is 1. The summed E-state index contributed by atoms with van der Waals surface area (Å²) in [6.45, 7) is 7.42. The summed E-state index contributed by atoms with van der Waals surface area (Å²) in [6, 6.07) is 10.8. The summed E-state index contributed by atoms with van der Waals surface area (Å²) in [5.74, 6) is -0.585. The van der Waals surface area contributed by atoms with Crippen molar-refractivity contribution < 1.29 is 28.6 Å². The van der Waals surface area contributed by atoms with E-state index in [4.69, 9.17) is 15.2 Å². The number of nitrogen functional groups attached to an aromatic ring is 1. The molecule has 0 aliphatic heterocycles. The van der Waals surface area contributed by atoms with Crippen LogP contribution in [-0.4, -0.2) is 58.2 Å². The summed E-state index contributed by atoms with van der Waals surface area (Å²) in [5.41, 5.74) is 7.52. The number of likely N-dealkylation sites (N-methyl/N-ethyl adjacent to an activating group) is 1. The Hall–Kier alpha value is -4.51. The molecule has 0 saturated heterocycles. The van der Waals surface area contributed by atoms with Crippen LogP contribution in [0, 0.1) is 5.82 Å². The molecule has 1 heterocycles. The Balaban J connectivity index is 1.64. The van der Waals surface area contributed by atoms with E-state index in [1.165, 1.54) is 30.3 Å². The molecule has 0 saturated carbocycles. The Morgan fingerprint density at radius 2 is 1.92 bits per heavy atom. The van der Waals surface area contributed by atoms with Crippen LogP contribution in [0.1, 0.15) is 35.3 Å². The molecular formula is C27H30FN5O5. The molecular weight excluding hydrogens is 493 g/mol. The molecule has 0 aliphatic carbocycles. The van der Waals surface area contributed by atoms with E-state index in [0.29, 0.717) is 18.7 Å². The molecule has 200 valence electrons. The lowest BCUT2D eigenvalue weighted by Gasteiger charge is -2.23. The summed E-state index contributed by atoms with van der Waals surface area (Å²) < 4.78 is 23.8. The van der Waals surface area contributed by atoms with Gasteiger partial charge in [-0.3, -0.25) is 4.79 Å². The molecule has 38 heavy (non-hydrogen) atoms. The molecule has 0 spiro atoms. The number of nitrogens with two attached hydrogens (primary N) is 1. The fraction of sp³-hybridized carbons (Fsp3) is 0.259. The van der Waals surface area contributed by atoms with Gasteiger partial charge in [-0.15, -0.1) is 0 Å². The first-order valence-electron chi connectivity index (χ1n) is 11.8. The van der Waals surface area contributed by atoms with Gasteiger partial charge in [0.1, 0.15) is 17.4 Å². The van der Waals surface area contributed by atoms with Crippen LogP contribution in [0.25, 0.3) is 0 Å². The van der Waals surface area contributed by atoms with Gasteiger partial charge < -0.3 is 30.5 Å². The summed E-state index contributed by atoms with van der Waals surface area (Å²) in [5, 5.41) is 13.4. The van der Waals surface area contributed by atoms with Gasteiger partial charge in [0.2, 0.25) is 11.7 Å². The van der Waals surface area contributed by atoms with Crippen molar-refractivity contribution in [3.63, 3.8) is 0 Å². The van der Waals surface area contributed by atoms with Crippen molar-refractivity contribution in [2.75, 3.05) is 31.2 Å². The minimum atomic E-state index is -0.795. The lowest BCUT2D eigenvalue weighted by Crippen LogP contribution is -2.38. The van der Waals surface area contributed by atoms with E-state index in [9.17, 15) is 19.1 Å². The van der Waals surface area contributed by atoms with E-state index in [0.717, 1.165) is 11.6 Å². The second-order valence-electron chi connectivity index (χ2n) is 8.45. The van der Waals surface area contributed by atoms with Gasteiger partial charge >= 0.3 is 6.09 Å². The molecule has 0 bridgehead atoms. The van der Waals surface area contributed by atoms with Gasteiger partial charge in [-0.2, -0.15) is 4.98 Å². The third kappa shape index (κ3) is 7.26. The summed E-state index contributed by atoms with van der Waals surface area (Å²) in [4.78, 5) is 34.6. The number of hydrogen-bond acceptors (Lipinski definition) is 9. The zero-order valence-corrected chi connectivity index (χ0v) is 21.4. The Labute approximate surface area is 219 Å².